The number of ether oxygens (including phenoxy) is 3. The molecule has 0 saturated heterocycles. The molecule has 0 bridgehead atoms. The maximum atomic E-state index is 13.2. The van der Waals surface area contributed by atoms with E-state index >= 15 is 0 Å². The number of para-hydroxylation sites is 1. The summed E-state index contributed by atoms with van der Waals surface area (Å²) in [5.74, 6) is 0.614. The van der Waals surface area contributed by atoms with Crippen LogP contribution in [0.4, 0.5) is 4.39 Å². The van der Waals surface area contributed by atoms with E-state index in [-0.39, 0.29) is 30.4 Å². The smallest absolute Gasteiger partial charge is 0.283 e. The second-order valence-electron chi connectivity index (χ2n) is 8.06. The van der Waals surface area contributed by atoms with Crippen molar-refractivity contribution < 1.29 is 23.4 Å². The van der Waals surface area contributed by atoms with Crippen LogP contribution in [0.15, 0.2) is 86.9 Å². The van der Waals surface area contributed by atoms with Crippen molar-refractivity contribution in [2.75, 3.05) is 13.7 Å². The Kier molecular flexibility index (Phi) is 7.57. The van der Waals surface area contributed by atoms with Crippen molar-refractivity contribution in [3.05, 3.63) is 93.7 Å². The molecule has 2 aliphatic rings. The molecule has 2 heterocycles. The highest BCUT2D eigenvalue weighted by Gasteiger charge is 2.35. The summed E-state index contributed by atoms with van der Waals surface area (Å²) in [5.41, 5.74) is 1.47. The molecule has 3 aromatic rings. The monoisotopic (exact) mass is 594 g/mol. The second kappa shape index (κ2) is 11.2. The predicted octanol–water partition coefficient (Wildman–Crippen LogP) is 5.87. The zero-order chi connectivity index (χ0) is 26.6. The van der Waals surface area contributed by atoms with Gasteiger partial charge in [0.25, 0.3) is 5.91 Å². The first-order chi connectivity index (χ1) is 18.4. The topological polar surface area (TPSA) is 96.6 Å². The van der Waals surface area contributed by atoms with Crippen molar-refractivity contribution >= 4 is 55.7 Å². The Labute approximate surface area is 230 Å². The molecule has 2 aliphatic heterocycles. The fraction of sp³-hybridized carbons (Fsp3) is 0.111. The van der Waals surface area contributed by atoms with E-state index in [2.05, 4.69) is 26.0 Å². The number of thioether (sulfide) groups is 1. The van der Waals surface area contributed by atoms with E-state index in [4.69, 9.17) is 19.6 Å². The fourth-order valence-electron chi connectivity index (χ4n) is 3.62. The van der Waals surface area contributed by atoms with E-state index in [1.165, 1.54) is 36.0 Å². The molecule has 1 amide bonds. The number of carbonyl (C=O) groups excluding carboxylic acids is 1. The molecular formula is C27H20BrFN4O4S. The van der Waals surface area contributed by atoms with E-state index in [1.54, 1.807) is 30.3 Å². The fourth-order valence-corrected chi connectivity index (χ4v) is 4.99. The van der Waals surface area contributed by atoms with Gasteiger partial charge in [0, 0.05) is 0 Å². The van der Waals surface area contributed by atoms with Crippen LogP contribution in [0.5, 0.6) is 17.2 Å². The van der Waals surface area contributed by atoms with Crippen molar-refractivity contribution in [3.63, 3.8) is 0 Å². The number of methoxy groups -OCH3 is 1. The maximum Gasteiger partial charge on any atom is 0.283 e. The van der Waals surface area contributed by atoms with Crippen LogP contribution in [0.2, 0.25) is 0 Å². The van der Waals surface area contributed by atoms with Crippen LogP contribution in [0, 0.1) is 11.2 Å². The SMILES string of the molecule is COc1cc(/C=C2/C(=N)N3N=C(COc4ccccc4)SC3=NC2=O)cc(Br)c1OCc1ccc(F)cc1. The van der Waals surface area contributed by atoms with Gasteiger partial charge in [-0.15, -0.1) is 0 Å². The van der Waals surface area contributed by atoms with Gasteiger partial charge in [0.1, 0.15) is 29.8 Å². The molecule has 38 heavy (non-hydrogen) atoms. The number of benzene rings is 3. The molecule has 0 unspecified atom stereocenters. The number of aliphatic imine (C=N–C) groups is 1. The number of hydrazone groups is 1. The number of nitrogens with zero attached hydrogens (tertiary/aromatic N) is 3. The number of hydrogen-bond acceptors (Lipinski definition) is 7. The Bertz CT molecular complexity index is 1490. The summed E-state index contributed by atoms with van der Waals surface area (Å²) < 4.78 is 30.9. The van der Waals surface area contributed by atoms with Crippen LogP contribution in [-0.4, -0.2) is 40.7 Å². The number of amides is 1. The summed E-state index contributed by atoms with van der Waals surface area (Å²) in [6.07, 6.45) is 1.56. The summed E-state index contributed by atoms with van der Waals surface area (Å²) in [6, 6.07) is 18.8. The van der Waals surface area contributed by atoms with Gasteiger partial charge in [0.2, 0.25) is 5.17 Å². The number of amidine groups is 2. The first-order valence-corrected chi connectivity index (χ1v) is 12.9. The van der Waals surface area contributed by atoms with Gasteiger partial charge in [-0.05, 0) is 81.3 Å². The first-order valence-electron chi connectivity index (χ1n) is 11.3. The lowest BCUT2D eigenvalue weighted by atomic mass is 10.1. The molecule has 0 fully saturated rings. The minimum atomic E-state index is -0.541. The van der Waals surface area contributed by atoms with Gasteiger partial charge in [-0.1, -0.05) is 30.3 Å². The molecule has 0 atom stereocenters. The van der Waals surface area contributed by atoms with Gasteiger partial charge in [-0.3, -0.25) is 10.2 Å². The van der Waals surface area contributed by atoms with Crippen molar-refractivity contribution in [2.24, 2.45) is 10.1 Å². The van der Waals surface area contributed by atoms with Crippen molar-refractivity contribution in [1.29, 1.82) is 5.41 Å². The van der Waals surface area contributed by atoms with E-state index in [0.29, 0.717) is 37.5 Å². The van der Waals surface area contributed by atoms with Crippen LogP contribution >= 0.6 is 27.7 Å². The zero-order valence-corrected chi connectivity index (χ0v) is 22.4. The third-order valence-electron chi connectivity index (χ3n) is 5.46. The summed E-state index contributed by atoms with van der Waals surface area (Å²) in [6.45, 7) is 0.394. The van der Waals surface area contributed by atoms with Gasteiger partial charge in [-0.2, -0.15) is 15.1 Å². The van der Waals surface area contributed by atoms with Gasteiger partial charge in [-0.25, -0.2) is 4.39 Å². The lowest BCUT2D eigenvalue weighted by Gasteiger charge is -2.20. The average molecular weight is 595 g/mol. The molecule has 8 nitrogen and oxygen atoms in total. The highest BCUT2D eigenvalue weighted by Crippen LogP contribution is 2.38. The maximum absolute atomic E-state index is 13.2. The van der Waals surface area contributed by atoms with Crippen LogP contribution in [0.1, 0.15) is 11.1 Å². The standard InChI is InChI=1S/C27H20BrFN4O4S/c1-35-22-13-17(12-21(28)24(22)37-14-16-7-9-18(29)10-8-16)11-20-25(30)33-27(31-26(20)34)38-23(32-33)15-36-19-5-3-2-4-6-19/h2-13,30H,14-15H2,1H3/b20-11-,30-25?. The molecule has 0 aliphatic carbocycles. The third kappa shape index (κ3) is 5.63. The second-order valence-corrected chi connectivity index (χ2v) is 9.96. The molecule has 0 saturated carbocycles. The van der Waals surface area contributed by atoms with Crippen molar-refractivity contribution in [2.45, 2.75) is 6.61 Å². The number of nitrogens with one attached hydrogen (secondary N) is 1. The lowest BCUT2D eigenvalue weighted by molar-refractivity contribution is -0.114. The van der Waals surface area contributed by atoms with Crippen molar-refractivity contribution in [1.82, 2.24) is 5.01 Å². The molecule has 0 spiro atoms. The first kappa shape index (κ1) is 25.7. The third-order valence-corrected chi connectivity index (χ3v) is 6.93. The summed E-state index contributed by atoms with van der Waals surface area (Å²) in [5, 5.41) is 15.3. The van der Waals surface area contributed by atoms with Crippen LogP contribution in [0.3, 0.4) is 0 Å². The Morgan fingerprint density at radius 1 is 1.08 bits per heavy atom. The van der Waals surface area contributed by atoms with Crippen LogP contribution < -0.4 is 14.2 Å². The minimum Gasteiger partial charge on any atom is -0.493 e. The molecule has 0 aromatic heterocycles. The number of carbonyl (C=O) groups is 1. The van der Waals surface area contributed by atoms with E-state index in [0.717, 1.165) is 5.56 Å². The normalized spacial score (nSPS) is 15.8. The van der Waals surface area contributed by atoms with Crippen molar-refractivity contribution in [3.8, 4) is 17.2 Å². The van der Waals surface area contributed by atoms with E-state index < -0.39 is 5.91 Å². The minimum absolute atomic E-state index is 0.0808. The number of rotatable bonds is 8. The highest BCUT2D eigenvalue weighted by atomic mass is 79.9. The summed E-state index contributed by atoms with van der Waals surface area (Å²) in [7, 11) is 1.50. The molecule has 5 rings (SSSR count). The molecule has 1 N–H and O–H groups in total. The van der Waals surface area contributed by atoms with Gasteiger partial charge in [0.15, 0.2) is 17.3 Å². The quantitative estimate of drug-likeness (QED) is 0.327. The number of halogens is 2. The Balaban J connectivity index is 1.33. The zero-order valence-electron chi connectivity index (χ0n) is 20.0. The van der Waals surface area contributed by atoms with Gasteiger partial charge < -0.3 is 14.2 Å². The Morgan fingerprint density at radius 2 is 1.84 bits per heavy atom. The van der Waals surface area contributed by atoms with Gasteiger partial charge in [0.05, 0.1) is 17.2 Å². The Morgan fingerprint density at radius 3 is 2.58 bits per heavy atom. The highest BCUT2D eigenvalue weighted by molar-refractivity contribution is 9.10. The predicted molar refractivity (Wildman–Crippen MR) is 148 cm³/mol. The van der Waals surface area contributed by atoms with Gasteiger partial charge >= 0.3 is 0 Å². The Hall–Kier alpha value is -3.96. The molecule has 11 heteroatoms. The van der Waals surface area contributed by atoms with Crippen LogP contribution in [-0.2, 0) is 11.4 Å². The lowest BCUT2D eigenvalue weighted by Crippen LogP contribution is -2.35. The molecule has 3 aromatic carbocycles. The molecule has 0 radical (unpaired) electrons. The average Bonchev–Trinajstić information content (AvgIpc) is 3.33. The number of fused-ring (bicyclic) bond motifs is 1. The molecule has 192 valence electrons. The summed E-state index contributed by atoms with van der Waals surface area (Å²) in [4.78, 5) is 16.9. The number of hydrogen-bond donors (Lipinski definition) is 1. The summed E-state index contributed by atoms with van der Waals surface area (Å²) >= 11 is 4.69. The largest absolute Gasteiger partial charge is 0.493 e. The molecular weight excluding hydrogens is 575 g/mol. The van der Waals surface area contributed by atoms with E-state index in [1.807, 2.05) is 30.3 Å². The van der Waals surface area contributed by atoms with Crippen LogP contribution in [0.25, 0.3) is 6.08 Å². The van der Waals surface area contributed by atoms with E-state index in [9.17, 15) is 9.18 Å².